The van der Waals surface area contributed by atoms with Crippen molar-refractivity contribution in [2.24, 2.45) is 5.92 Å². The molecule has 1 unspecified atom stereocenters. The molecule has 1 aromatic carbocycles. The molecule has 1 aromatic rings. The lowest BCUT2D eigenvalue weighted by Crippen LogP contribution is -2.67. The summed E-state index contributed by atoms with van der Waals surface area (Å²) >= 11 is 0. The normalized spacial score (nSPS) is 23.4. The van der Waals surface area contributed by atoms with Crippen LogP contribution in [0.2, 0.25) is 0 Å². The van der Waals surface area contributed by atoms with Crippen molar-refractivity contribution in [3.63, 3.8) is 0 Å². The zero-order valence-electron chi connectivity index (χ0n) is 14.3. The monoisotopic (exact) mass is 326 g/mol. The van der Waals surface area contributed by atoms with E-state index in [0.29, 0.717) is 6.54 Å². The number of allylic oxidation sites excluding steroid dienone is 1. The van der Waals surface area contributed by atoms with Crippen molar-refractivity contribution in [3.05, 3.63) is 48.0 Å². The fraction of sp³-hybridized carbons (Fsp3) is 0.500. The van der Waals surface area contributed by atoms with Gasteiger partial charge in [0.15, 0.2) is 0 Å². The van der Waals surface area contributed by atoms with Gasteiger partial charge in [-0.2, -0.15) is 0 Å². The lowest BCUT2D eigenvalue weighted by Gasteiger charge is -2.51. The summed E-state index contributed by atoms with van der Waals surface area (Å²) in [5, 5.41) is 3.02. The molecular weight excluding hydrogens is 300 g/mol. The lowest BCUT2D eigenvalue weighted by molar-refractivity contribution is -0.165. The number of nitrogens with zero attached hydrogens (tertiary/aromatic N) is 1. The molecule has 0 radical (unpaired) electrons. The minimum Gasteiger partial charge on any atom is -0.350 e. The van der Waals surface area contributed by atoms with Crippen LogP contribution in [0.3, 0.4) is 0 Å². The van der Waals surface area contributed by atoms with Crippen LogP contribution in [0, 0.1) is 5.92 Å². The van der Waals surface area contributed by atoms with Crippen molar-refractivity contribution in [1.29, 1.82) is 0 Å². The number of nitrogens with one attached hydrogen (secondary N) is 1. The van der Waals surface area contributed by atoms with E-state index < -0.39 is 0 Å². The summed E-state index contributed by atoms with van der Waals surface area (Å²) in [5.41, 5.74) is 1.08. The second-order valence-electron chi connectivity index (χ2n) is 6.72. The second kappa shape index (κ2) is 7.65. The number of benzene rings is 1. The van der Waals surface area contributed by atoms with Crippen LogP contribution >= 0.6 is 0 Å². The standard InChI is InChI=1S/C20H26N2O2/c1-2-3-12-18(19(23)21-14-15-9-5-4-6-10-15)22-17-13-8-7-11-16(17)20(22)24/h4-10,16-18H,2-3,11-14H2,1H3,(H,21,23)/t16-,17+,18?/m1/s1. The number of fused-ring (bicyclic) bond motifs is 1. The van der Waals surface area contributed by atoms with Gasteiger partial charge in [-0.05, 0) is 24.8 Å². The Hall–Kier alpha value is -2.10. The van der Waals surface area contributed by atoms with Crippen LogP contribution in [0.15, 0.2) is 42.5 Å². The summed E-state index contributed by atoms with van der Waals surface area (Å²) < 4.78 is 0. The number of carbonyl (C=O) groups is 2. The molecule has 1 saturated heterocycles. The van der Waals surface area contributed by atoms with E-state index in [-0.39, 0.29) is 29.8 Å². The van der Waals surface area contributed by atoms with E-state index in [2.05, 4.69) is 24.4 Å². The molecule has 4 heteroatoms. The number of hydrogen-bond donors (Lipinski definition) is 1. The first-order valence-electron chi connectivity index (χ1n) is 9.01. The van der Waals surface area contributed by atoms with E-state index in [1.165, 1.54) is 0 Å². The molecule has 3 atom stereocenters. The summed E-state index contributed by atoms with van der Waals surface area (Å²) in [4.78, 5) is 27.1. The van der Waals surface area contributed by atoms with Crippen LogP contribution < -0.4 is 5.32 Å². The van der Waals surface area contributed by atoms with Gasteiger partial charge >= 0.3 is 0 Å². The highest BCUT2D eigenvalue weighted by atomic mass is 16.2. The van der Waals surface area contributed by atoms with Crippen molar-refractivity contribution >= 4 is 11.8 Å². The highest BCUT2D eigenvalue weighted by molar-refractivity contribution is 5.93. The maximum absolute atomic E-state index is 12.8. The summed E-state index contributed by atoms with van der Waals surface area (Å²) in [6, 6.07) is 9.78. The van der Waals surface area contributed by atoms with Crippen molar-refractivity contribution in [2.75, 3.05) is 0 Å². The first-order chi connectivity index (χ1) is 11.7. The Labute approximate surface area is 143 Å². The van der Waals surface area contributed by atoms with Gasteiger partial charge in [-0.15, -0.1) is 0 Å². The SMILES string of the molecule is CCCCC(C(=O)NCc1ccccc1)N1C(=O)[C@@H]2CC=CC[C@@H]21. The first kappa shape index (κ1) is 16.7. The molecule has 0 bridgehead atoms. The molecule has 128 valence electrons. The van der Waals surface area contributed by atoms with Gasteiger partial charge in [-0.1, -0.05) is 62.2 Å². The number of β-lactam (4-membered cyclic amide) rings is 1. The topological polar surface area (TPSA) is 49.4 Å². The molecular formula is C20H26N2O2. The van der Waals surface area contributed by atoms with Gasteiger partial charge in [0.1, 0.15) is 6.04 Å². The maximum Gasteiger partial charge on any atom is 0.243 e. The number of hydrogen-bond acceptors (Lipinski definition) is 2. The molecule has 0 aromatic heterocycles. The highest BCUT2D eigenvalue weighted by Gasteiger charge is 2.51. The van der Waals surface area contributed by atoms with Crippen molar-refractivity contribution in [1.82, 2.24) is 10.2 Å². The van der Waals surface area contributed by atoms with Crippen LogP contribution in [0.1, 0.15) is 44.6 Å². The molecule has 2 aliphatic rings. The van der Waals surface area contributed by atoms with E-state index in [1.807, 2.05) is 35.2 Å². The fourth-order valence-corrected chi connectivity index (χ4v) is 3.73. The molecule has 4 nitrogen and oxygen atoms in total. The molecule has 1 aliphatic carbocycles. The Morgan fingerprint density at radius 1 is 1.25 bits per heavy atom. The largest absolute Gasteiger partial charge is 0.350 e. The third-order valence-corrected chi connectivity index (χ3v) is 5.11. The number of amides is 2. The molecule has 1 aliphatic heterocycles. The zero-order valence-corrected chi connectivity index (χ0v) is 14.3. The average Bonchev–Trinajstić information content (AvgIpc) is 2.63. The second-order valence-corrected chi connectivity index (χ2v) is 6.72. The molecule has 1 N–H and O–H groups in total. The number of unbranched alkanes of at least 4 members (excludes halogenated alkanes) is 1. The third-order valence-electron chi connectivity index (χ3n) is 5.11. The summed E-state index contributed by atoms with van der Waals surface area (Å²) in [6.07, 6.45) is 8.66. The van der Waals surface area contributed by atoms with Crippen LogP contribution in [-0.2, 0) is 16.1 Å². The Balaban J connectivity index is 1.66. The number of carbonyl (C=O) groups excluding carboxylic acids is 2. The van der Waals surface area contributed by atoms with Crippen LogP contribution in [0.25, 0.3) is 0 Å². The highest BCUT2D eigenvalue weighted by Crippen LogP contribution is 2.38. The minimum atomic E-state index is -0.325. The van der Waals surface area contributed by atoms with Crippen LogP contribution in [-0.4, -0.2) is 28.8 Å². The molecule has 1 heterocycles. The first-order valence-corrected chi connectivity index (χ1v) is 9.01. The van der Waals surface area contributed by atoms with Gasteiger partial charge in [0.2, 0.25) is 11.8 Å². The van der Waals surface area contributed by atoms with Crippen molar-refractivity contribution < 1.29 is 9.59 Å². The molecule has 24 heavy (non-hydrogen) atoms. The van der Waals surface area contributed by atoms with E-state index in [0.717, 1.165) is 37.7 Å². The average molecular weight is 326 g/mol. The lowest BCUT2D eigenvalue weighted by atomic mass is 9.77. The summed E-state index contributed by atoms with van der Waals surface area (Å²) in [5.74, 6) is 0.232. The molecule has 2 amide bonds. The number of rotatable bonds is 7. The predicted molar refractivity (Wildman–Crippen MR) is 94.1 cm³/mol. The van der Waals surface area contributed by atoms with Gasteiger partial charge in [-0.25, -0.2) is 0 Å². The van der Waals surface area contributed by atoms with Gasteiger partial charge in [0.05, 0.1) is 5.92 Å². The van der Waals surface area contributed by atoms with E-state index in [1.54, 1.807) is 0 Å². The summed E-state index contributed by atoms with van der Waals surface area (Å²) in [6.45, 7) is 2.63. The number of likely N-dealkylation sites (tertiary alicyclic amines) is 1. The van der Waals surface area contributed by atoms with E-state index in [4.69, 9.17) is 0 Å². The van der Waals surface area contributed by atoms with Gasteiger partial charge in [-0.3, -0.25) is 9.59 Å². The van der Waals surface area contributed by atoms with E-state index in [9.17, 15) is 9.59 Å². The fourth-order valence-electron chi connectivity index (χ4n) is 3.73. The molecule has 1 fully saturated rings. The minimum absolute atomic E-state index is 0.0198. The Morgan fingerprint density at radius 3 is 2.75 bits per heavy atom. The van der Waals surface area contributed by atoms with Gasteiger partial charge < -0.3 is 10.2 Å². The Bertz CT molecular complexity index is 611. The molecule has 3 rings (SSSR count). The van der Waals surface area contributed by atoms with Gasteiger partial charge in [0.25, 0.3) is 0 Å². The zero-order chi connectivity index (χ0) is 16.9. The third kappa shape index (κ3) is 3.37. The molecule has 0 saturated carbocycles. The quantitative estimate of drug-likeness (QED) is 0.618. The summed E-state index contributed by atoms with van der Waals surface area (Å²) in [7, 11) is 0. The molecule has 0 spiro atoms. The van der Waals surface area contributed by atoms with Crippen molar-refractivity contribution in [3.8, 4) is 0 Å². The Kier molecular flexibility index (Phi) is 5.34. The van der Waals surface area contributed by atoms with E-state index >= 15 is 0 Å². The predicted octanol–water partition coefficient (Wildman–Crippen LogP) is 3.04. The maximum atomic E-state index is 12.8. The van der Waals surface area contributed by atoms with Crippen molar-refractivity contribution in [2.45, 2.75) is 57.7 Å². The van der Waals surface area contributed by atoms with Crippen LogP contribution in [0.4, 0.5) is 0 Å². The Morgan fingerprint density at radius 2 is 2.00 bits per heavy atom. The van der Waals surface area contributed by atoms with Gasteiger partial charge in [0, 0.05) is 12.6 Å². The van der Waals surface area contributed by atoms with Crippen LogP contribution in [0.5, 0.6) is 0 Å². The smallest absolute Gasteiger partial charge is 0.243 e.